The predicted octanol–water partition coefficient (Wildman–Crippen LogP) is 4.69. The van der Waals surface area contributed by atoms with Crippen LogP contribution in [0, 0.1) is 29.6 Å². The quantitative estimate of drug-likeness (QED) is 0.320. The Kier molecular flexibility index (Phi) is 6.84. The topological polar surface area (TPSA) is 171 Å². The van der Waals surface area contributed by atoms with Crippen molar-refractivity contribution in [2.75, 3.05) is 0 Å². The molecule has 0 saturated heterocycles. The van der Waals surface area contributed by atoms with Gasteiger partial charge in [-0.2, -0.15) is 0 Å². The third-order valence-electron chi connectivity index (χ3n) is 10.1. The maximum Gasteiger partial charge on any atom is 0.255 e. The number of rotatable bonds is 5. The molecule has 4 aliphatic carbocycles. The third kappa shape index (κ3) is 4.04. The first kappa shape index (κ1) is 28.3. The van der Waals surface area contributed by atoms with E-state index < -0.39 is 57.9 Å². The minimum Gasteiger partial charge on any atom is -0.508 e. The van der Waals surface area contributed by atoms with Gasteiger partial charge in [0.25, 0.3) is 5.91 Å². The summed E-state index contributed by atoms with van der Waals surface area (Å²) in [4.78, 5) is 39.8. The van der Waals surface area contributed by atoms with Crippen LogP contribution in [0.25, 0.3) is 16.9 Å². The van der Waals surface area contributed by atoms with Gasteiger partial charge in [-0.15, -0.1) is 0 Å². The average molecular weight is 576 g/mol. The number of phenols is 1. The Labute approximate surface area is 243 Å². The van der Waals surface area contributed by atoms with Crippen molar-refractivity contribution < 1.29 is 39.2 Å². The van der Waals surface area contributed by atoms with Crippen LogP contribution in [-0.4, -0.2) is 43.5 Å². The standard InChI is InChI=1S/C33H37NO8/c1-15(2)23-22-13-18-11-21-20(17-8-9-42-14-17)12-19(10-16-6-4-3-5-7-16)27(35)25(21)29(37)24(18)30(38)33(22,41)31(39)26(28(23)36)32(34)40/h8-9,12,14-16,18,22-23,35,37,39,41H,3-7,10-11,13H2,1-2H3,(H2,34,40)/t18-,22-,23-,33-/m0/s1. The molecule has 0 bridgehead atoms. The summed E-state index contributed by atoms with van der Waals surface area (Å²) in [6.45, 7) is 3.49. The number of nitrogens with two attached hydrogens (primary N) is 1. The lowest BCUT2D eigenvalue weighted by Crippen LogP contribution is -2.62. The van der Waals surface area contributed by atoms with Crippen molar-refractivity contribution in [3.05, 3.63) is 58.3 Å². The molecule has 9 heteroatoms. The van der Waals surface area contributed by atoms with Crippen LogP contribution < -0.4 is 5.73 Å². The van der Waals surface area contributed by atoms with Crippen LogP contribution in [0.3, 0.4) is 0 Å². The highest BCUT2D eigenvalue weighted by Crippen LogP contribution is 2.56. The Hall–Kier alpha value is -3.85. The number of carbonyl (C=O) groups is 3. The Morgan fingerprint density at radius 1 is 1.14 bits per heavy atom. The fourth-order valence-electron chi connectivity index (χ4n) is 8.14. The van der Waals surface area contributed by atoms with E-state index in [4.69, 9.17) is 10.2 Å². The van der Waals surface area contributed by atoms with Gasteiger partial charge in [0.2, 0.25) is 5.78 Å². The molecule has 0 spiro atoms. The van der Waals surface area contributed by atoms with E-state index >= 15 is 0 Å². The Bertz CT molecular complexity index is 1540. The second-order valence-corrected chi connectivity index (χ2v) is 12.8. The van der Waals surface area contributed by atoms with Crippen molar-refractivity contribution >= 4 is 23.2 Å². The summed E-state index contributed by atoms with van der Waals surface area (Å²) in [7, 11) is 0. The molecule has 6 rings (SSSR count). The molecule has 0 aliphatic heterocycles. The highest BCUT2D eigenvalue weighted by molar-refractivity contribution is 6.23. The molecule has 1 aromatic carbocycles. The fourth-order valence-corrected chi connectivity index (χ4v) is 8.14. The largest absolute Gasteiger partial charge is 0.508 e. The molecule has 4 atom stereocenters. The number of aliphatic hydroxyl groups excluding tert-OH is 2. The van der Waals surface area contributed by atoms with Gasteiger partial charge in [-0.3, -0.25) is 14.4 Å². The minimum absolute atomic E-state index is 0.0845. The van der Waals surface area contributed by atoms with Crippen LogP contribution in [-0.2, 0) is 27.2 Å². The molecular formula is C33H37NO8. The molecule has 1 amide bonds. The lowest BCUT2D eigenvalue weighted by Gasteiger charge is -2.50. The first-order valence-electron chi connectivity index (χ1n) is 14.8. The molecule has 0 unspecified atom stereocenters. The van der Waals surface area contributed by atoms with Crippen molar-refractivity contribution in [1.82, 2.24) is 0 Å². The number of ketones is 2. The van der Waals surface area contributed by atoms with E-state index in [9.17, 15) is 34.8 Å². The molecule has 0 radical (unpaired) electrons. The van der Waals surface area contributed by atoms with E-state index in [2.05, 4.69) is 0 Å². The van der Waals surface area contributed by atoms with Gasteiger partial charge in [0.05, 0.1) is 18.1 Å². The van der Waals surface area contributed by atoms with Crippen LogP contribution in [0.15, 0.2) is 46.0 Å². The van der Waals surface area contributed by atoms with Gasteiger partial charge in [-0.25, -0.2) is 0 Å². The molecule has 2 saturated carbocycles. The number of benzene rings is 1. The summed E-state index contributed by atoms with van der Waals surface area (Å²) >= 11 is 0. The minimum atomic E-state index is -2.62. The van der Waals surface area contributed by atoms with E-state index in [1.807, 2.05) is 6.07 Å². The molecule has 4 aliphatic rings. The van der Waals surface area contributed by atoms with Crippen molar-refractivity contribution in [1.29, 1.82) is 0 Å². The van der Waals surface area contributed by atoms with E-state index in [1.165, 1.54) is 6.42 Å². The maximum atomic E-state index is 14.2. The number of hydrogen-bond acceptors (Lipinski definition) is 8. The number of amides is 1. The summed E-state index contributed by atoms with van der Waals surface area (Å²) in [5.74, 6) is -7.15. The highest BCUT2D eigenvalue weighted by atomic mass is 16.3. The van der Waals surface area contributed by atoms with Gasteiger partial charge in [-0.1, -0.05) is 46.0 Å². The Balaban J connectivity index is 1.55. The second-order valence-electron chi connectivity index (χ2n) is 12.8. The zero-order valence-electron chi connectivity index (χ0n) is 23.9. The first-order chi connectivity index (χ1) is 20.0. The smallest absolute Gasteiger partial charge is 0.255 e. The SMILES string of the molecule is CC(C)[C@@H]1C(=O)C(C(N)=O)=C(O)[C@@]2(O)C(=O)C3=C(O)c4c(O)c(CC5CCCCC5)cc(-c5ccoc5)c4C[C@H]3C[C@@H]12. The zero-order valence-corrected chi connectivity index (χ0v) is 23.9. The highest BCUT2D eigenvalue weighted by Gasteiger charge is 2.64. The number of carbonyl (C=O) groups excluding carboxylic acids is 3. The summed E-state index contributed by atoms with van der Waals surface area (Å²) < 4.78 is 5.38. The van der Waals surface area contributed by atoms with E-state index in [-0.39, 0.29) is 35.6 Å². The maximum absolute atomic E-state index is 14.2. The molecule has 42 heavy (non-hydrogen) atoms. The number of Topliss-reactive ketones (excluding diaryl/α,β-unsaturated/α-hetero) is 2. The summed E-state index contributed by atoms with van der Waals surface area (Å²) in [6.07, 6.45) is 9.62. The van der Waals surface area contributed by atoms with E-state index in [0.29, 0.717) is 23.5 Å². The molecule has 1 aromatic heterocycles. The number of aliphatic hydroxyl groups is 3. The number of hydrogen-bond donors (Lipinski definition) is 5. The normalized spacial score (nSPS) is 28.1. The number of fused-ring (bicyclic) bond motifs is 3. The predicted molar refractivity (Wildman–Crippen MR) is 153 cm³/mol. The van der Waals surface area contributed by atoms with Crippen LogP contribution in [0.5, 0.6) is 5.75 Å². The van der Waals surface area contributed by atoms with Crippen molar-refractivity contribution in [2.45, 2.75) is 70.8 Å². The van der Waals surface area contributed by atoms with Gasteiger partial charge in [0.15, 0.2) is 11.4 Å². The summed E-state index contributed by atoms with van der Waals surface area (Å²) in [5, 5.41) is 46.3. The molecule has 2 aromatic rings. The lowest BCUT2D eigenvalue weighted by atomic mass is 9.54. The van der Waals surface area contributed by atoms with Crippen LogP contribution in [0.4, 0.5) is 0 Å². The lowest BCUT2D eigenvalue weighted by molar-refractivity contribution is -0.155. The molecule has 2 fully saturated rings. The molecule has 6 N–H and O–H groups in total. The second kappa shape index (κ2) is 10.2. The molecule has 9 nitrogen and oxygen atoms in total. The molecular weight excluding hydrogens is 538 g/mol. The van der Waals surface area contributed by atoms with Crippen LogP contribution >= 0.6 is 0 Å². The van der Waals surface area contributed by atoms with Gasteiger partial charge >= 0.3 is 0 Å². The third-order valence-corrected chi connectivity index (χ3v) is 10.1. The number of furan rings is 1. The van der Waals surface area contributed by atoms with Gasteiger partial charge in [-0.05, 0) is 65.8 Å². The average Bonchev–Trinajstić information content (AvgIpc) is 3.47. The summed E-state index contributed by atoms with van der Waals surface area (Å²) in [6, 6.07) is 3.75. The molecule has 1 heterocycles. The van der Waals surface area contributed by atoms with Crippen molar-refractivity contribution in [3.63, 3.8) is 0 Å². The number of phenolic OH excluding ortho intramolecular Hbond substituents is 1. The number of aromatic hydroxyl groups is 1. The Morgan fingerprint density at radius 3 is 2.48 bits per heavy atom. The zero-order chi connectivity index (χ0) is 30.1. The Morgan fingerprint density at radius 2 is 1.86 bits per heavy atom. The van der Waals surface area contributed by atoms with Crippen LogP contribution in [0.2, 0.25) is 0 Å². The molecule has 222 valence electrons. The van der Waals surface area contributed by atoms with Crippen LogP contribution in [0.1, 0.15) is 69.1 Å². The van der Waals surface area contributed by atoms with Gasteiger partial charge < -0.3 is 30.6 Å². The fraction of sp³-hybridized carbons (Fsp3) is 0.485. The number of primary amides is 1. The monoisotopic (exact) mass is 575 g/mol. The summed E-state index contributed by atoms with van der Waals surface area (Å²) in [5.41, 5.74) is 4.89. The van der Waals surface area contributed by atoms with Gasteiger partial charge in [0, 0.05) is 23.0 Å². The van der Waals surface area contributed by atoms with Gasteiger partial charge in [0.1, 0.15) is 22.8 Å². The van der Waals surface area contributed by atoms with E-state index in [1.54, 1.807) is 32.4 Å². The van der Waals surface area contributed by atoms with E-state index in [0.717, 1.165) is 36.8 Å². The van der Waals surface area contributed by atoms with Crippen molar-refractivity contribution in [2.24, 2.45) is 35.3 Å². The van der Waals surface area contributed by atoms with Crippen molar-refractivity contribution in [3.8, 4) is 16.9 Å². The first-order valence-corrected chi connectivity index (χ1v) is 14.8.